The zero-order valence-electron chi connectivity index (χ0n) is 13.5. The molecule has 0 spiro atoms. The van der Waals surface area contributed by atoms with E-state index in [0.717, 1.165) is 20.9 Å². The second-order valence-electron chi connectivity index (χ2n) is 5.36. The molecule has 8 heteroatoms. The van der Waals surface area contributed by atoms with E-state index in [4.69, 9.17) is 11.6 Å². The summed E-state index contributed by atoms with van der Waals surface area (Å²) in [5.41, 5.74) is 2.41. The molecule has 0 saturated heterocycles. The molecule has 2 aromatic heterocycles. The van der Waals surface area contributed by atoms with Crippen LogP contribution in [0.4, 0.5) is 0 Å². The number of hydrogen-bond acceptors (Lipinski definition) is 6. The molecule has 0 radical (unpaired) electrons. The fourth-order valence-electron chi connectivity index (χ4n) is 2.65. The van der Waals surface area contributed by atoms with Crippen molar-refractivity contribution in [3.05, 3.63) is 63.9 Å². The monoisotopic (exact) mass is 417 g/mol. The Balaban J connectivity index is 1.97. The van der Waals surface area contributed by atoms with Crippen molar-refractivity contribution in [2.45, 2.75) is 14.4 Å². The number of H-pyrrole nitrogens is 1. The second-order valence-corrected chi connectivity index (χ2v) is 8.58. The van der Waals surface area contributed by atoms with Gasteiger partial charge in [-0.05, 0) is 35.5 Å². The molecule has 2 aromatic carbocycles. The molecule has 0 amide bonds. The number of halogens is 1. The van der Waals surface area contributed by atoms with Gasteiger partial charge in [-0.2, -0.15) is 4.37 Å². The summed E-state index contributed by atoms with van der Waals surface area (Å²) in [6.45, 7) is 0. The average molecular weight is 418 g/mol. The van der Waals surface area contributed by atoms with Gasteiger partial charge in [-0.15, -0.1) is 0 Å². The third-order valence-corrected chi connectivity index (χ3v) is 6.50. The van der Waals surface area contributed by atoms with Crippen molar-refractivity contribution in [2.75, 3.05) is 6.26 Å². The van der Waals surface area contributed by atoms with Gasteiger partial charge in [0, 0.05) is 16.0 Å². The third-order valence-electron chi connectivity index (χ3n) is 3.76. The number of thioether (sulfide) groups is 1. The molecule has 26 heavy (non-hydrogen) atoms. The number of fused-ring (bicyclic) bond motifs is 1. The van der Waals surface area contributed by atoms with Crippen LogP contribution in [0.3, 0.4) is 0 Å². The van der Waals surface area contributed by atoms with E-state index in [9.17, 15) is 4.79 Å². The zero-order chi connectivity index (χ0) is 18.1. The van der Waals surface area contributed by atoms with E-state index < -0.39 is 0 Å². The van der Waals surface area contributed by atoms with Gasteiger partial charge in [0.25, 0.3) is 5.56 Å². The van der Waals surface area contributed by atoms with Crippen LogP contribution in [0.2, 0.25) is 5.02 Å². The van der Waals surface area contributed by atoms with E-state index in [1.807, 2.05) is 48.7 Å². The molecule has 0 atom stereocenters. The summed E-state index contributed by atoms with van der Waals surface area (Å²) in [7, 11) is 0. The topological polar surface area (TPSA) is 58.6 Å². The minimum atomic E-state index is -0.162. The predicted octanol–water partition coefficient (Wildman–Crippen LogP) is 5.57. The lowest BCUT2D eigenvalue weighted by molar-refractivity contribution is 1.02. The third kappa shape index (κ3) is 3.40. The summed E-state index contributed by atoms with van der Waals surface area (Å²) >= 11 is 10.2. The van der Waals surface area contributed by atoms with Gasteiger partial charge < -0.3 is 4.98 Å². The lowest BCUT2D eigenvalue weighted by atomic mass is 10.0. The molecule has 0 bridgehead atoms. The van der Waals surface area contributed by atoms with Gasteiger partial charge in [0.05, 0.1) is 10.4 Å². The Hall–Kier alpha value is -1.80. The van der Waals surface area contributed by atoms with Crippen molar-refractivity contribution in [1.29, 1.82) is 0 Å². The van der Waals surface area contributed by atoms with Gasteiger partial charge in [-0.3, -0.25) is 4.79 Å². The van der Waals surface area contributed by atoms with Gasteiger partial charge in [0.15, 0.2) is 4.34 Å². The number of hydrogen-bond donors (Lipinski definition) is 1. The van der Waals surface area contributed by atoms with Crippen molar-refractivity contribution in [3.63, 3.8) is 0 Å². The predicted molar refractivity (Wildman–Crippen MR) is 111 cm³/mol. The van der Waals surface area contributed by atoms with Crippen molar-refractivity contribution in [2.24, 2.45) is 0 Å². The van der Waals surface area contributed by atoms with E-state index in [1.165, 1.54) is 35.1 Å². The summed E-state index contributed by atoms with van der Waals surface area (Å²) in [6, 6.07) is 15.4. The van der Waals surface area contributed by atoms with Gasteiger partial charge in [0.1, 0.15) is 0 Å². The number of aromatic nitrogens is 3. The first-order valence-corrected chi connectivity index (χ1v) is 10.8. The lowest BCUT2D eigenvalue weighted by Crippen LogP contribution is -2.10. The highest BCUT2D eigenvalue weighted by atomic mass is 35.5. The highest BCUT2D eigenvalue weighted by Crippen LogP contribution is 2.39. The molecule has 1 N–H and O–H groups in total. The summed E-state index contributed by atoms with van der Waals surface area (Å²) in [6.07, 6.45) is 1.93. The maximum Gasteiger partial charge on any atom is 0.263 e. The Bertz CT molecular complexity index is 1140. The molecule has 0 aliphatic carbocycles. The minimum absolute atomic E-state index is 0.162. The van der Waals surface area contributed by atoms with E-state index in [2.05, 4.69) is 14.3 Å². The lowest BCUT2D eigenvalue weighted by Gasteiger charge is -2.12. The first-order chi connectivity index (χ1) is 12.7. The van der Waals surface area contributed by atoms with Crippen LogP contribution in [-0.2, 0) is 0 Å². The molecule has 0 fully saturated rings. The van der Waals surface area contributed by atoms with Crippen molar-refractivity contribution in [1.82, 2.24) is 14.3 Å². The average Bonchev–Trinajstić information content (AvgIpc) is 3.11. The SMILES string of the molecule is CSc1nsc(Sc2c(-c3ccccc3)c3ccc(Cl)cc3[nH]c2=O)n1. The first-order valence-electron chi connectivity index (χ1n) is 7.62. The van der Waals surface area contributed by atoms with Crippen LogP contribution in [0.1, 0.15) is 0 Å². The Kier molecular flexibility index (Phi) is 5.04. The Morgan fingerprint density at radius 3 is 2.69 bits per heavy atom. The molecule has 0 saturated carbocycles. The quantitative estimate of drug-likeness (QED) is 0.439. The number of rotatable bonds is 4. The van der Waals surface area contributed by atoms with Crippen LogP contribution in [-0.4, -0.2) is 20.6 Å². The molecular formula is C18H12ClN3OS3. The number of aromatic amines is 1. The highest BCUT2D eigenvalue weighted by molar-refractivity contribution is 8.01. The van der Waals surface area contributed by atoms with Crippen molar-refractivity contribution < 1.29 is 0 Å². The van der Waals surface area contributed by atoms with E-state index >= 15 is 0 Å². The highest BCUT2D eigenvalue weighted by Gasteiger charge is 2.18. The smallest absolute Gasteiger partial charge is 0.263 e. The normalized spacial score (nSPS) is 11.2. The fourth-order valence-corrected chi connectivity index (χ4v) is 5.15. The summed E-state index contributed by atoms with van der Waals surface area (Å²) in [5, 5.41) is 2.24. The molecule has 4 rings (SSSR count). The van der Waals surface area contributed by atoms with Crippen LogP contribution in [0.15, 0.2) is 67.7 Å². The molecule has 130 valence electrons. The van der Waals surface area contributed by atoms with Gasteiger partial charge in [-0.1, -0.05) is 71.5 Å². The number of pyridine rings is 1. The number of nitrogens with zero attached hydrogens (tertiary/aromatic N) is 2. The maximum absolute atomic E-state index is 12.9. The summed E-state index contributed by atoms with van der Waals surface area (Å²) < 4.78 is 5.02. The Labute approximate surface area is 167 Å². The Morgan fingerprint density at radius 2 is 1.96 bits per heavy atom. The van der Waals surface area contributed by atoms with Crippen LogP contribution in [0, 0.1) is 0 Å². The van der Waals surface area contributed by atoms with Crippen LogP contribution in [0.25, 0.3) is 22.0 Å². The van der Waals surface area contributed by atoms with Crippen molar-refractivity contribution in [3.8, 4) is 11.1 Å². The van der Waals surface area contributed by atoms with Crippen LogP contribution >= 0.6 is 46.7 Å². The first kappa shape index (κ1) is 17.6. The summed E-state index contributed by atoms with van der Waals surface area (Å²) in [4.78, 5) is 20.9. The maximum atomic E-state index is 12.9. The molecule has 4 nitrogen and oxygen atoms in total. The van der Waals surface area contributed by atoms with Crippen LogP contribution < -0.4 is 5.56 Å². The van der Waals surface area contributed by atoms with Gasteiger partial charge in [-0.25, -0.2) is 4.98 Å². The molecule has 0 unspecified atom stereocenters. The molecule has 0 aliphatic heterocycles. The molecular weight excluding hydrogens is 406 g/mol. The number of nitrogens with one attached hydrogen (secondary N) is 1. The van der Waals surface area contributed by atoms with Gasteiger partial charge in [0.2, 0.25) is 5.16 Å². The fraction of sp³-hybridized carbons (Fsp3) is 0.0556. The molecule has 4 aromatic rings. The summed E-state index contributed by atoms with van der Waals surface area (Å²) in [5.74, 6) is 0. The largest absolute Gasteiger partial charge is 0.321 e. The van der Waals surface area contributed by atoms with Gasteiger partial charge >= 0.3 is 0 Å². The Morgan fingerprint density at radius 1 is 1.15 bits per heavy atom. The minimum Gasteiger partial charge on any atom is -0.321 e. The van der Waals surface area contributed by atoms with E-state index in [-0.39, 0.29) is 5.56 Å². The standard InChI is InChI=1S/C18H12ClN3OS3/c1-24-17-21-18(26-22-17)25-15-14(10-5-3-2-4-6-10)12-8-7-11(19)9-13(12)20-16(15)23/h2-9H,1H3,(H,20,23). The van der Waals surface area contributed by atoms with E-state index in [0.29, 0.717) is 20.6 Å². The van der Waals surface area contributed by atoms with Crippen molar-refractivity contribution >= 4 is 57.6 Å². The molecule has 0 aliphatic rings. The van der Waals surface area contributed by atoms with Crippen LogP contribution in [0.5, 0.6) is 0 Å². The number of benzene rings is 2. The molecule has 2 heterocycles. The van der Waals surface area contributed by atoms with E-state index in [1.54, 1.807) is 6.07 Å². The second kappa shape index (κ2) is 7.44. The zero-order valence-corrected chi connectivity index (χ0v) is 16.7.